The Bertz CT molecular complexity index is 2380. The first-order valence-electron chi connectivity index (χ1n) is 16.8. The van der Waals surface area contributed by atoms with Crippen LogP contribution < -0.4 is 4.74 Å². The normalized spacial score (nSPS) is 29.1. The molecular weight excluding hydrogens is 648 g/mol. The first-order chi connectivity index (χ1) is 24.6. The average Bonchev–Trinajstić information content (AvgIpc) is 3.54. The van der Waals surface area contributed by atoms with Crippen LogP contribution in [0.4, 0.5) is 0 Å². The number of hydrogen-bond acceptors (Lipinski definition) is 9. The minimum atomic E-state index is -1.45. The van der Waals surface area contributed by atoms with Crippen LogP contribution in [-0.4, -0.2) is 42.2 Å². The van der Waals surface area contributed by atoms with Crippen molar-refractivity contribution in [3.05, 3.63) is 148 Å². The summed E-state index contributed by atoms with van der Waals surface area (Å²) in [4.78, 5) is 30.4. The second-order valence-corrected chi connectivity index (χ2v) is 14.4. The van der Waals surface area contributed by atoms with Crippen molar-refractivity contribution in [2.75, 3.05) is 0 Å². The Morgan fingerprint density at radius 1 is 0.529 bits per heavy atom. The molecule has 0 aromatic heterocycles. The fraction of sp³-hybridized carbons (Fsp3) is 0.190. The van der Waals surface area contributed by atoms with E-state index in [1.807, 2.05) is 0 Å². The number of hydrogen-bond donors (Lipinski definition) is 6. The van der Waals surface area contributed by atoms with Crippen molar-refractivity contribution in [3.63, 3.8) is 0 Å². The summed E-state index contributed by atoms with van der Waals surface area (Å²) in [6, 6.07) is 25.6. The molecule has 5 aromatic carbocycles. The van der Waals surface area contributed by atoms with Gasteiger partial charge in [0.2, 0.25) is 0 Å². The molecule has 8 unspecified atom stereocenters. The molecule has 0 amide bonds. The van der Waals surface area contributed by atoms with E-state index < -0.39 is 47.0 Å². The molecule has 0 saturated heterocycles. The SMILES string of the molecule is O=C1C=C2C3c4c(cc(O)cc4C4c5c(O)cc(O)cc5C5C(c6ccc(O)cc6)C1C(=O)C25C4c1ccc(O)cc1)OC3c1ccc(O)cc1. The van der Waals surface area contributed by atoms with Crippen molar-refractivity contribution in [2.45, 2.75) is 35.7 Å². The number of rotatable bonds is 3. The number of Topliss-reactive ketones (excluding diaryl/α,β-unsaturated/α-hetero) is 1. The highest BCUT2D eigenvalue weighted by Gasteiger charge is 2.75. The van der Waals surface area contributed by atoms with E-state index in [4.69, 9.17) is 4.74 Å². The van der Waals surface area contributed by atoms with Gasteiger partial charge in [0, 0.05) is 46.9 Å². The maximum Gasteiger partial charge on any atom is 0.166 e. The summed E-state index contributed by atoms with van der Waals surface area (Å²) in [6.45, 7) is 0. The Balaban J connectivity index is 1.39. The van der Waals surface area contributed by atoms with Gasteiger partial charge in [-0.25, -0.2) is 0 Å². The van der Waals surface area contributed by atoms with Crippen LogP contribution in [0.15, 0.2) is 109 Å². The molecule has 51 heavy (non-hydrogen) atoms. The van der Waals surface area contributed by atoms with Crippen molar-refractivity contribution in [3.8, 4) is 40.2 Å². The molecule has 5 aliphatic rings. The van der Waals surface area contributed by atoms with Gasteiger partial charge in [0.15, 0.2) is 11.6 Å². The predicted molar refractivity (Wildman–Crippen MR) is 182 cm³/mol. The average molecular weight is 679 g/mol. The molecule has 9 heteroatoms. The monoisotopic (exact) mass is 678 g/mol. The van der Waals surface area contributed by atoms with Gasteiger partial charge >= 0.3 is 0 Å². The zero-order valence-corrected chi connectivity index (χ0v) is 26.8. The summed E-state index contributed by atoms with van der Waals surface area (Å²) in [6.07, 6.45) is 0.841. The van der Waals surface area contributed by atoms with E-state index in [0.717, 1.165) is 0 Å². The van der Waals surface area contributed by atoms with Crippen LogP contribution in [0.1, 0.15) is 74.6 Å². The Morgan fingerprint density at radius 3 is 1.75 bits per heavy atom. The smallest absolute Gasteiger partial charge is 0.166 e. The predicted octanol–water partition coefficient (Wildman–Crippen LogP) is 6.64. The third kappa shape index (κ3) is 3.70. The summed E-state index contributed by atoms with van der Waals surface area (Å²) < 4.78 is 6.67. The third-order valence-electron chi connectivity index (χ3n) is 12.1. The number of carbonyl (C=O) groups is 2. The number of benzene rings is 5. The van der Waals surface area contributed by atoms with Crippen molar-refractivity contribution < 1.29 is 45.0 Å². The van der Waals surface area contributed by atoms with Crippen LogP contribution in [0.3, 0.4) is 0 Å². The summed E-state index contributed by atoms with van der Waals surface area (Å²) in [5.74, 6) is -5.59. The lowest BCUT2D eigenvalue weighted by Crippen LogP contribution is -2.49. The van der Waals surface area contributed by atoms with Crippen LogP contribution >= 0.6 is 0 Å². The van der Waals surface area contributed by atoms with Crippen LogP contribution in [0, 0.1) is 11.3 Å². The third-order valence-corrected chi connectivity index (χ3v) is 12.1. The van der Waals surface area contributed by atoms with Crippen LogP contribution in [0.2, 0.25) is 0 Å². The number of ketones is 2. The molecule has 3 bridgehead atoms. The fourth-order valence-electron chi connectivity index (χ4n) is 10.5. The van der Waals surface area contributed by atoms with Gasteiger partial charge in [0.1, 0.15) is 46.4 Å². The van der Waals surface area contributed by atoms with Gasteiger partial charge < -0.3 is 35.4 Å². The topological polar surface area (TPSA) is 165 Å². The molecule has 6 N–H and O–H groups in total. The lowest BCUT2D eigenvalue weighted by Gasteiger charge is -2.52. The standard InChI is InChI=1S/C42H30O9/c43-21-7-1-18(2-8-21)32-37-30(49)17-28-36-34-26(13-25(47)16-31(34)51-40(36)20-5-11-23(45)12-6-20)35-33-27(14-24(46)15-29(33)48)39(32)42(28,41(37)50)38(35)19-3-9-22(44)10-4-19/h1-17,32,35-40,43-48H. The molecule has 1 aliphatic heterocycles. The van der Waals surface area contributed by atoms with Gasteiger partial charge in [-0.1, -0.05) is 36.4 Å². The first kappa shape index (κ1) is 29.7. The molecule has 10 rings (SSSR count). The minimum Gasteiger partial charge on any atom is -0.508 e. The zero-order valence-electron chi connectivity index (χ0n) is 26.8. The number of phenols is 6. The number of ether oxygens (including phenoxy) is 1. The molecule has 1 saturated carbocycles. The van der Waals surface area contributed by atoms with Gasteiger partial charge in [0.25, 0.3) is 0 Å². The molecule has 252 valence electrons. The zero-order chi connectivity index (χ0) is 35.1. The van der Waals surface area contributed by atoms with E-state index in [0.29, 0.717) is 50.3 Å². The van der Waals surface area contributed by atoms with Gasteiger partial charge in [-0.2, -0.15) is 0 Å². The molecular formula is C42H30O9. The number of aromatic hydroxyl groups is 6. The maximum atomic E-state index is 15.8. The van der Waals surface area contributed by atoms with Crippen LogP contribution in [-0.2, 0) is 9.59 Å². The van der Waals surface area contributed by atoms with Gasteiger partial charge in [-0.05, 0) is 88.0 Å². The highest BCUT2D eigenvalue weighted by atomic mass is 16.5. The lowest BCUT2D eigenvalue weighted by molar-refractivity contribution is -0.135. The quantitative estimate of drug-likeness (QED) is 0.115. The second kappa shape index (κ2) is 9.94. The minimum absolute atomic E-state index is 0.0211. The maximum absolute atomic E-state index is 15.8. The van der Waals surface area contributed by atoms with E-state index in [1.54, 1.807) is 78.9 Å². The van der Waals surface area contributed by atoms with E-state index in [2.05, 4.69) is 0 Å². The highest BCUT2D eigenvalue weighted by Crippen LogP contribution is 2.79. The number of allylic oxidation sites excluding steroid dienone is 1. The molecule has 5 aromatic rings. The molecule has 1 fully saturated rings. The van der Waals surface area contributed by atoms with Crippen molar-refractivity contribution in [2.24, 2.45) is 11.3 Å². The van der Waals surface area contributed by atoms with Crippen LogP contribution in [0.5, 0.6) is 40.2 Å². The van der Waals surface area contributed by atoms with Crippen LogP contribution in [0.25, 0.3) is 0 Å². The lowest BCUT2D eigenvalue weighted by atomic mass is 9.48. The van der Waals surface area contributed by atoms with E-state index >= 15 is 4.79 Å². The van der Waals surface area contributed by atoms with Crippen molar-refractivity contribution in [1.82, 2.24) is 0 Å². The first-order valence-corrected chi connectivity index (χ1v) is 16.8. The van der Waals surface area contributed by atoms with Gasteiger partial charge in [0.05, 0.1) is 17.3 Å². The summed E-state index contributed by atoms with van der Waals surface area (Å²) in [7, 11) is 0. The number of fused-ring (bicyclic) bond motifs is 7. The Morgan fingerprint density at radius 2 is 1.10 bits per heavy atom. The van der Waals surface area contributed by atoms with E-state index in [9.17, 15) is 35.4 Å². The second-order valence-electron chi connectivity index (χ2n) is 14.4. The molecule has 4 aliphatic carbocycles. The summed E-state index contributed by atoms with van der Waals surface area (Å²) >= 11 is 0. The summed E-state index contributed by atoms with van der Waals surface area (Å²) in [5.41, 5.74) is 3.34. The summed E-state index contributed by atoms with van der Waals surface area (Å²) in [5, 5.41) is 65.1. The van der Waals surface area contributed by atoms with Gasteiger partial charge in [-0.3, -0.25) is 9.59 Å². The number of phenolic OH excluding ortho intramolecular Hbond substituents is 6. The van der Waals surface area contributed by atoms with Crippen molar-refractivity contribution >= 4 is 11.6 Å². The van der Waals surface area contributed by atoms with Crippen molar-refractivity contribution in [1.29, 1.82) is 0 Å². The number of carbonyl (C=O) groups excluding carboxylic acids is 2. The van der Waals surface area contributed by atoms with E-state index in [1.165, 1.54) is 24.3 Å². The Labute approximate surface area is 291 Å². The van der Waals surface area contributed by atoms with E-state index in [-0.39, 0.29) is 46.1 Å². The molecule has 1 heterocycles. The molecule has 9 nitrogen and oxygen atoms in total. The Hall–Kier alpha value is -6.22. The molecule has 8 atom stereocenters. The van der Waals surface area contributed by atoms with Gasteiger partial charge in [-0.15, -0.1) is 0 Å². The highest BCUT2D eigenvalue weighted by molar-refractivity contribution is 6.18. The molecule has 1 spiro atoms. The largest absolute Gasteiger partial charge is 0.508 e. The molecule has 0 radical (unpaired) electrons. The fourth-order valence-corrected chi connectivity index (χ4v) is 10.5. The Kier molecular flexibility index (Phi) is 5.78.